The molecule has 1 aromatic rings. The fourth-order valence-electron chi connectivity index (χ4n) is 2.37. The summed E-state index contributed by atoms with van der Waals surface area (Å²) in [7, 11) is 1.97. The molecule has 1 aromatic carbocycles. The first-order valence-corrected chi connectivity index (χ1v) is 5.56. The van der Waals surface area contributed by atoms with Gasteiger partial charge in [0, 0.05) is 28.9 Å². The van der Waals surface area contributed by atoms with Crippen LogP contribution in [0.15, 0.2) is 30.0 Å². The van der Waals surface area contributed by atoms with Crippen LogP contribution in [0.4, 0.5) is 5.69 Å². The lowest BCUT2D eigenvalue weighted by Crippen LogP contribution is -2.22. The highest BCUT2D eigenvalue weighted by molar-refractivity contribution is 6.30. The van der Waals surface area contributed by atoms with Crippen molar-refractivity contribution in [3.05, 3.63) is 40.6 Å². The number of nitrogens with zero attached hydrogens (tertiary/aromatic N) is 1. The van der Waals surface area contributed by atoms with E-state index >= 15 is 0 Å². The van der Waals surface area contributed by atoms with Gasteiger partial charge in [0.1, 0.15) is 6.29 Å². The molecule has 0 aliphatic carbocycles. The van der Waals surface area contributed by atoms with E-state index in [4.69, 9.17) is 11.6 Å². The lowest BCUT2D eigenvalue weighted by molar-refractivity contribution is -0.104. The molecule has 16 heavy (non-hydrogen) atoms. The van der Waals surface area contributed by atoms with Crippen LogP contribution in [0.1, 0.15) is 19.4 Å². The van der Waals surface area contributed by atoms with Crippen LogP contribution in [-0.4, -0.2) is 13.3 Å². The lowest BCUT2D eigenvalue weighted by atomic mass is 9.84. The first kappa shape index (κ1) is 11.2. The molecule has 1 aliphatic rings. The third-order valence-corrected chi connectivity index (χ3v) is 3.46. The molecule has 0 aromatic heterocycles. The third-order valence-electron chi connectivity index (χ3n) is 3.22. The summed E-state index contributed by atoms with van der Waals surface area (Å²) in [4.78, 5) is 12.7. The standard InChI is InChI=1S/C13H14ClNO/c1-13(2)10-8-9(14)4-5-11(10)15(3)12(13)6-7-16/h4-8H,1-3H3/b12-6+. The van der Waals surface area contributed by atoms with Crippen molar-refractivity contribution in [3.8, 4) is 0 Å². The van der Waals surface area contributed by atoms with Gasteiger partial charge in [-0.1, -0.05) is 25.4 Å². The number of halogens is 1. The second-order valence-corrected chi connectivity index (χ2v) is 4.97. The Labute approximate surface area is 101 Å². The summed E-state index contributed by atoms with van der Waals surface area (Å²) < 4.78 is 0. The number of carbonyl (C=O) groups excluding carboxylic acids is 1. The van der Waals surface area contributed by atoms with Gasteiger partial charge >= 0.3 is 0 Å². The number of aldehydes is 1. The maximum Gasteiger partial charge on any atom is 0.144 e. The Hall–Kier alpha value is -1.28. The minimum Gasteiger partial charge on any atom is -0.347 e. The summed E-state index contributed by atoms with van der Waals surface area (Å²) in [6.45, 7) is 4.20. The van der Waals surface area contributed by atoms with E-state index in [-0.39, 0.29) is 5.41 Å². The number of rotatable bonds is 1. The molecule has 0 unspecified atom stereocenters. The van der Waals surface area contributed by atoms with Crippen LogP contribution >= 0.6 is 11.6 Å². The molecule has 1 heterocycles. The predicted octanol–water partition coefficient (Wildman–Crippen LogP) is 3.15. The zero-order valence-electron chi connectivity index (χ0n) is 9.62. The largest absolute Gasteiger partial charge is 0.347 e. The Morgan fingerprint density at radius 3 is 2.69 bits per heavy atom. The van der Waals surface area contributed by atoms with Gasteiger partial charge < -0.3 is 4.90 Å². The molecular weight excluding hydrogens is 222 g/mol. The molecule has 2 rings (SSSR count). The molecule has 84 valence electrons. The highest BCUT2D eigenvalue weighted by Gasteiger charge is 2.38. The number of anilines is 1. The van der Waals surface area contributed by atoms with Crippen LogP contribution in [0.2, 0.25) is 5.02 Å². The molecule has 0 amide bonds. The molecule has 0 radical (unpaired) electrons. The van der Waals surface area contributed by atoms with E-state index in [1.165, 1.54) is 0 Å². The highest BCUT2D eigenvalue weighted by atomic mass is 35.5. The van der Waals surface area contributed by atoms with Gasteiger partial charge in [0.05, 0.1) is 0 Å². The zero-order valence-corrected chi connectivity index (χ0v) is 10.4. The Morgan fingerprint density at radius 1 is 1.38 bits per heavy atom. The van der Waals surface area contributed by atoms with E-state index in [2.05, 4.69) is 13.8 Å². The van der Waals surface area contributed by atoms with E-state index in [0.29, 0.717) is 0 Å². The normalized spacial score (nSPS) is 20.0. The van der Waals surface area contributed by atoms with Crippen molar-refractivity contribution in [2.75, 3.05) is 11.9 Å². The maximum absolute atomic E-state index is 10.7. The van der Waals surface area contributed by atoms with Crippen molar-refractivity contribution in [1.82, 2.24) is 0 Å². The summed E-state index contributed by atoms with van der Waals surface area (Å²) in [6, 6.07) is 5.83. The molecule has 0 saturated carbocycles. The average molecular weight is 236 g/mol. The smallest absolute Gasteiger partial charge is 0.144 e. The fraction of sp³-hybridized carbons (Fsp3) is 0.308. The number of allylic oxidation sites excluding steroid dienone is 2. The van der Waals surface area contributed by atoms with Gasteiger partial charge in [0.15, 0.2) is 0 Å². The van der Waals surface area contributed by atoms with E-state index in [1.807, 2.05) is 30.1 Å². The minimum atomic E-state index is -0.171. The first-order valence-electron chi connectivity index (χ1n) is 5.18. The molecular formula is C13H14ClNO. The third kappa shape index (κ3) is 1.45. The Morgan fingerprint density at radius 2 is 2.06 bits per heavy atom. The van der Waals surface area contributed by atoms with Crippen LogP contribution in [0, 0.1) is 0 Å². The van der Waals surface area contributed by atoms with E-state index in [9.17, 15) is 4.79 Å². The molecule has 3 heteroatoms. The second-order valence-electron chi connectivity index (χ2n) is 4.53. The van der Waals surface area contributed by atoms with Gasteiger partial charge in [-0.05, 0) is 29.8 Å². The van der Waals surface area contributed by atoms with Crippen molar-refractivity contribution in [3.63, 3.8) is 0 Å². The molecule has 0 bridgehead atoms. The zero-order chi connectivity index (χ0) is 11.9. The molecule has 0 N–H and O–H groups in total. The fourth-order valence-corrected chi connectivity index (χ4v) is 2.55. The monoisotopic (exact) mass is 235 g/mol. The first-order chi connectivity index (χ1) is 7.48. The lowest BCUT2D eigenvalue weighted by Gasteiger charge is -2.23. The van der Waals surface area contributed by atoms with Crippen molar-refractivity contribution in [2.45, 2.75) is 19.3 Å². The summed E-state index contributed by atoms with van der Waals surface area (Å²) in [5, 5.41) is 0.729. The second kappa shape index (κ2) is 3.63. The summed E-state index contributed by atoms with van der Waals surface area (Å²) in [5.74, 6) is 0. The number of fused-ring (bicyclic) bond motifs is 1. The van der Waals surface area contributed by atoms with Gasteiger partial charge in [-0.2, -0.15) is 0 Å². The number of carbonyl (C=O) groups is 1. The van der Waals surface area contributed by atoms with Crippen LogP contribution in [0.3, 0.4) is 0 Å². The van der Waals surface area contributed by atoms with Crippen molar-refractivity contribution in [2.24, 2.45) is 0 Å². The number of benzene rings is 1. The van der Waals surface area contributed by atoms with Gasteiger partial charge in [-0.25, -0.2) is 0 Å². The predicted molar refractivity (Wildman–Crippen MR) is 67.0 cm³/mol. The molecule has 0 spiro atoms. The van der Waals surface area contributed by atoms with Gasteiger partial charge in [-0.15, -0.1) is 0 Å². The molecule has 0 saturated heterocycles. The molecule has 2 nitrogen and oxygen atoms in total. The van der Waals surface area contributed by atoms with E-state index in [0.717, 1.165) is 28.3 Å². The number of hydrogen-bond acceptors (Lipinski definition) is 2. The highest BCUT2D eigenvalue weighted by Crippen LogP contribution is 2.47. The summed E-state index contributed by atoms with van der Waals surface area (Å²) in [6.07, 6.45) is 2.45. The average Bonchev–Trinajstić information content (AvgIpc) is 2.40. The topological polar surface area (TPSA) is 20.3 Å². The Balaban J connectivity index is 2.66. The SMILES string of the molecule is CN1/C(=C/C=O)C(C)(C)c2cc(Cl)ccc21. The van der Waals surface area contributed by atoms with Gasteiger partial charge in [0.2, 0.25) is 0 Å². The van der Waals surface area contributed by atoms with Crippen molar-refractivity contribution >= 4 is 23.6 Å². The molecule has 0 fully saturated rings. The van der Waals surface area contributed by atoms with Crippen molar-refractivity contribution < 1.29 is 4.79 Å². The van der Waals surface area contributed by atoms with Crippen LogP contribution in [-0.2, 0) is 10.2 Å². The summed E-state index contributed by atoms with van der Waals surface area (Å²) >= 11 is 6.02. The van der Waals surface area contributed by atoms with Crippen LogP contribution in [0.5, 0.6) is 0 Å². The van der Waals surface area contributed by atoms with Crippen molar-refractivity contribution in [1.29, 1.82) is 0 Å². The van der Waals surface area contributed by atoms with E-state index in [1.54, 1.807) is 6.08 Å². The number of hydrogen-bond donors (Lipinski definition) is 0. The Kier molecular flexibility index (Phi) is 2.55. The van der Waals surface area contributed by atoms with Crippen LogP contribution < -0.4 is 4.90 Å². The maximum atomic E-state index is 10.7. The minimum absolute atomic E-state index is 0.171. The number of likely N-dealkylation sites (N-methyl/N-ethyl adjacent to an activating group) is 1. The van der Waals surface area contributed by atoms with Gasteiger partial charge in [-0.3, -0.25) is 4.79 Å². The quantitative estimate of drug-likeness (QED) is 0.551. The van der Waals surface area contributed by atoms with Crippen LogP contribution in [0.25, 0.3) is 0 Å². The molecule has 0 atom stereocenters. The van der Waals surface area contributed by atoms with Gasteiger partial charge in [0.25, 0.3) is 0 Å². The summed E-state index contributed by atoms with van der Waals surface area (Å²) in [5.41, 5.74) is 3.11. The molecule has 1 aliphatic heterocycles. The Bertz CT molecular complexity index is 477. The van der Waals surface area contributed by atoms with E-state index < -0.39 is 0 Å².